The van der Waals surface area contributed by atoms with E-state index in [-0.39, 0.29) is 0 Å². The van der Waals surface area contributed by atoms with E-state index in [9.17, 15) is 5.11 Å². The molecule has 1 aromatic rings. The lowest BCUT2D eigenvalue weighted by atomic mass is 10.1. The monoisotopic (exact) mass is 208 g/mol. The van der Waals surface area contributed by atoms with Gasteiger partial charge in [0, 0.05) is 30.0 Å². The topological polar surface area (TPSA) is 55.2 Å². The van der Waals surface area contributed by atoms with Crippen LogP contribution in [-0.4, -0.2) is 28.3 Å². The largest absolute Gasteiger partial charge is 0.389 e. The lowest BCUT2D eigenvalue weighted by molar-refractivity contribution is 0.192. The molecule has 1 aliphatic rings. The number of aliphatic hydroxyl groups excluding tert-OH is 1. The molecule has 0 aliphatic carbocycles. The zero-order valence-corrected chi connectivity index (χ0v) is 9.10. The summed E-state index contributed by atoms with van der Waals surface area (Å²) < 4.78 is 5.30. The Bertz CT molecular complexity index is 346. The van der Waals surface area contributed by atoms with Gasteiger partial charge in [-0.1, -0.05) is 0 Å². The summed E-state index contributed by atoms with van der Waals surface area (Å²) in [4.78, 5) is 8.72. The van der Waals surface area contributed by atoms with E-state index >= 15 is 0 Å². The van der Waals surface area contributed by atoms with Crippen LogP contribution in [0.25, 0.3) is 0 Å². The molecule has 0 saturated carbocycles. The first kappa shape index (κ1) is 10.5. The number of hydrogen-bond acceptors (Lipinski definition) is 4. The second kappa shape index (κ2) is 4.24. The van der Waals surface area contributed by atoms with Crippen molar-refractivity contribution in [3.63, 3.8) is 0 Å². The van der Waals surface area contributed by atoms with Gasteiger partial charge in [-0.05, 0) is 20.3 Å². The Hall–Kier alpha value is -1.00. The van der Waals surface area contributed by atoms with Gasteiger partial charge >= 0.3 is 0 Å². The Kier molecular flexibility index (Phi) is 2.98. The third-order valence-corrected chi connectivity index (χ3v) is 2.78. The minimum atomic E-state index is -0.501. The molecule has 82 valence electrons. The first-order valence-corrected chi connectivity index (χ1v) is 5.27. The standard InChI is InChI=1S/C11H16N2O2/c1-7-10(8(2)14)5-12-11(13-7)9-3-4-15-6-9/h5,8-9,14H,3-4,6H2,1-2H3/t8-,9?/m1/s1. The molecule has 4 nitrogen and oxygen atoms in total. The fourth-order valence-electron chi connectivity index (χ4n) is 1.84. The minimum Gasteiger partial charge on any atom is -0.389 e. The van der Waals surface area contributed by atoms with E-state index in [1.807, 2.05) is 6.92 Å². The lowest BCUT2D eigenvalue weighted by Crippen LogP contribution is -2.08. The van der Waals surface area contributed by atoms with Gasteiger partial charge in [-0.2, -0.15) is 0 Å². The molecular formula is C11H16N2O2. The van der Waals surface area contributed by atoms with E-state index in [2.05, 4.69) is 9.97 Å². The fraction of sp³-hybridized carbons (Fsp3) is 0.636. The van der Waals surface area contributed by atoms with Gasteiger partial charge in [0.15, 0.2) is 0 Å². The van der Waals surface area contributed by atoms with Gasteiger partial charge in [0.1, 0.15) is 5.82 Å². The molecule has 1 N–H and O–H groups in total. The van der Waals surface area contributed by atoms with Crippen molar-refractivity contribution in [1.29, 1.82) is 0 Å². The maximum absolute atomic E-state index is 9.46. The van der Waals surface area contributed by atoms with Gasteiger partial charge in [0.25, 0.3) is 0 Å². The average molecular weight is 208 g/mol. The predicted molar refractivity (Wildman–Crippen MR) is 55.6 cm³/mol. The molecule has 2 heterocycles. The third-order valence-electron chi connectivity index (χ3n) is 2.78. The van der Waals surface area contributed by atoms with Gasteiger partial charge in [-0.15, -0.1) is 0 Å². The molecule has 0 bridgehead atoms. The maximum Gasteiger partial charge on any atom is 0.134 e. The molecule has 1 saturated heterocycles. The number of aromatic nitrogens is 2. The molecule has 0 amide bonds. The first-order chi connectivity index (χ1) is 7.18. The summed E-state index contributed by atoms with van der Waals surface area (Å²) in [6.07, 6.45) is 2.22. The summed E-state index contributed by atoms with van der Waals surface area (Å²) >= 11 is 0. The van der Waals surface area contributed by atoms with Crippen molar-refractivity contribution >= 4 is 0 Å². The van der Waals surface area contributed by atoms with Gasteiger partial charge in [-0.3, -0.25) is 0 Å². The van der Waals surface area contributed by atoms with E-state index in [1.165, 1.54) is 0 Å². The fourth-order valence-corrected chi connectivity index (χ4v) is 1.84. The highest BCUT2D eigenvalue weighted by Crippen LogP contribution is 2.23. The molecule has 0 spiro atoms. The van der Waals surface area contributed by atoms with E-state index in [4.69, 9.17) is 4.74 Å². The van der Waals surface area contributed by atoms with Crippen LogP contribution in [-0.2, 0) is 4.74 Å². The van der Waals surface area contributed by atoms with Crippen LogP contribution >= 0.6 is 0 Å². The maximum atomic E-state index is 9.46. The number of ether oxygens (including phenoxy) is 1. The van der Waals surface area contributed by atoms with E-state index in [0.717, 1.165) is 30.1 Å². The predicted octanol–water partition coefficient (Wildman–Crippen LogP) is 1.34. The third kappa shape index (κ3) is 2.16. The number of aryl methyl sites for hydroxylation is 1. The van der Waals surface area contributed by atoms with Crippen molar-refractivity contribution < 1.29 is 9.84 Å². The lowest BCUT2D eigenvalue weighted by Gasteiger charge is -2.11. The SMILES string of the molecule is Cc1nc(C2CCOC2)ncc1[C@@H](C)O. The van der Waals surface area contributed by atoms with Gasteiger partial charge in [0.05, 0.1) is 12.7 Å². The van der Waals surface area contributed by atoms with Crippen LogP contribution < -0.4 is 0 Å². The summed E-state index contributed by atoms with van der Waals surface area (Å²) in [5, 5.41) is 9.46. The van der Waals surface area contributed by atoms with Crippen molar-refractivity contribution in [3.8, 4) is 0 Å². The number of hydrogen-bond donors (Lipinski definition) is 1. The highest BCUT2D eigenvalue weighted by atomic mass is 16.5. The van der Waals surface area contributed by atoms with Crippen LogP contribution in [0.2, 0.25) is 0 Å². The smallest absolute Gasteiger partial charge is 0.134 e. The van der Waals surface area contributed by atoms with Crippen LogP contribution in [0.3, 0.4) is 0 Å². The molecule has 4 heteroatoms. The van der Waals surface area contributed by atoms with Crippen LogP contribution in [0.1, 0.15) is 42.4 Å². The number of aliphatic hydroxyl groups is 1. The summed E-state index contributed by atoms with van der Waals surface area (Å²) in [5.74, 6) is 1.17. The van der Waals surface area contributed by atoms with Crippen LogP contribution in [0.15, 0.2) is 6.20 Å². The quantitative estimate of drug-likeness (QED) is 0.797. The Morgan fingerprint density at radius 1 is 1.60 bits per heavy atom. The van der Waals surface area contributed by atoms with Gasteiger partial charge < -0.3 is 9.84 Å². The molecule has 0 radical (unpaired) electrons. The Labute approximate surface area is 89.3 Å². The molecule has 1 fully saturated rings. The first-order valence-electron chi connectivity index (χ1n) is 5.27. The van der Waals surface area contributed by atoms with E-state index in [1.54, 1.807) is 13.1 Å². The van der Waals surface area contributed by atoms with Crippen molar-refractivity contribution in [2.24, 2.45) is 0 Å². The zero-order valence-electron chi connectivity index (χ0n) is 9.10. The highest BCUT2D eigenvalue weighted by molar-refractivity contribution is 5.19. The second-order valence-electron chi connectivity index (χ2n) is 4.01. The molecular weight excluding hydrogens is 192 g/mol. The minimum absolute atomic E-state index is 0.326. The Morgan fingerprint density at radius 3 is 2.93 bits per heavy atom. The van der Waals surface area contributed by atoms with Crippen LogP contribution in [0, 0.1) is 6.92 Å². The number of rotatable bonds is 2. The highest BCUT2D eigenvalue weighted by Gasteiger charge is 2.21. The van der Waals surface area contributed by atoms with Crippen molar-refractivity contribution in [2.45, 2.75) is 32.3 Å². The van der Waals surface area contributed by atoms with E-state index < -0.39 is 6.10 Å². The Balaban J connectivity index is 2.24. The van der Waals surface area contributed by atoms with Gasteiger partial charge in [0.2, 0.25) is 0 Å². The van der Waals surface area contributed by atoms with Crippen LogP contribution in [0.4, 0.5) is 0 Å². The molecule has 2 atom stereocenters. The van der Waals surface area contributed by atoms with E-state index in [0.29, 0.717) is 12.5 Å². The molecule has 2 rings (SSSR count). The van der Waals surface area contributed by atoms with Gasteiger partial charge in [-0.25, -0.2) is 9.97 Å². The molecule has 1 unspecified atom stereocenters. The second-order valence-corrected chi connectivity index (χ2v) is 4.01. The Morgan fingerprint density at radius 2 is 2.40 bits per heavy atom. The summed E-state index contributed by atoms with van der Waals surface area (Å²) in [6, 6.07) is 0. The average Bonchev–Trinajstić information content (AvgIpc) is 2.69. The van der Waals surface area contributed by atoms with Crippen molar-refractivity contribution in [1.82, 2.24) is 9.97 Å². The zero-order chi connectivity index (χ0) is 10.8. The molecule has 15 heavy (non-hydrogen) atoms. The molecule has 1 aromatic heterocycles. The number of nitrogens with zero attached hydrogens (tertiary/aromatic N) is 2. The molecule has 0 aromatic carbocycles. The molecule has 1 aliphatic heterocycles. The van der Waals surface area contributed by atoms with Crippen molar-refractivity contribution in [2.75, 3.05) is 13.2 Å². The summed E-state index contributed by atoms with van der Waals surface area (Å²) in [5.41, 5.74) is 1.67. The summed E-state index contributed by atoms with van der Waals surface area (Å²) in [6.45, 7) is 5.14. The summed E-state index contributed by atoms with van der Waals surface area (Å²) in [7, 11) is 0. The normalized spacial score (nSPS) is 23.0. The van der Waals surface area contributed by atoms with Crippen LogP contribution in [0.5, 0.6) is 0 Å². The van der Waals surface area contributed by atoms with Crippen molar-refractivity contribution in [3.05, 3.63) is 23.3 Å².